The Morgan fingerprint density at radius 2 is 1.42 bits per heavy atom. The van der Waals surface area contributed by atoms with Crippen LogP contribution in [0.3, 0.4) is 0 Å². The third-order valence-electron chi connectivity index (χ3n) is 16.6. The van der Waals surface area contributed by atoms with Crippen LogP contribution in [-0.2, 0) is 70.7 Å². The van der Waals surface area contributed by atoms with E-state index in [1.807, 2.05) is 41.5 Å². The number of carboxylic acid groups (broad SMARTS) is 1. The number of halogens is 3. The normalized spacial score (nSPS) is 21.2. The number of hydrogen-bond donors (Lipinski definition) is 13. The number of thioether (sulfide) groups is 1. The number of anilines is 1. The van der Waals surface area contributed by atoms with Gasteiger partial charge in [0.25, 0.3) is 15.7 Å². The first-order chi connectivity index (χ1) is 47.0. The third-order valence-corrected chi connectivity index (χ3v) is 27.3. The van der Waals surface area contributed by atoms with E-state index in [0.717, 1.165) is 25.5 Å². The van der Waals surface area contributed by atoms with Crippen molar-refractivity contribution in [2.45, 2.75) is 175 Å². The van der Waals surface area contributed by atoms with Gasteiger partial charge in [-0.05, 0) is 96.3 Å². The third kappa shape index (κ3) is 21.7. The van der Waals surface area contributed by atoms with Crippen molar-refractivity contribution >= 4 is 126 Å². The van der Waals surface area contributed by atoms with Crippen LogP contribution in [0.5, 0.6) is 11.5 Å². The van der Waals surface area contributed by atoms with Crippen LogP contribution in [-0.4, -0.2) is 158 Å². The maximum atomic E-state index is 13.7. The molecule has 1 fully saturated rings. The van der Waals surface area contributed by atoms with Crippen LogP contribution < -0.4 is 47.5 Å². The van der Waals surface area contributed by atoms with Crippen LogP contribution in [0.1, 0.15) is 168 Å². The number of fused-ring (bicyclic) bond motifs is 4. The quantitative estimate of drug-likeness (QED) is 0.00742. The summed E-state index contributed by atoms with van der Waals surface area (Å²) in [5.41, 5.74) is -3.01. The van der Waals surface area contributed by atoms with Gasteiger partial charge in [-0.1, -0.05) is 67.9 Å². The molecule has 9 atom stereocenters. The van der Waals surface area contributed by atoms with E-state index < -0.39 is 153 Å². The van der Waals surface area contributed by atoms with Gasteiger partial charge in [-0.25, -0.2) is 23.5 Å². The van der Waals surface area contributed by atoms with E-state index in [0.29, 0.717) is 74.6 Å². The van der Waals surface area contributed by atoms with Gasteiger partial charge in [0.05, 0.1) is 51.4 Å². The van der Waals surface area contributed by atoms with Gasteiger partial charge in [0.15, 0.2) is 27.8 Å². The molecule has 3 aromatic carbocycles. The highest BCUT2D eigenvalue weighted by Crippen LogP contribution is 2.66. The fraction of sp³-hybridized carbons (Fsp3) is 0.559. The van der Waals surface area contributed by atoms with E-state index in [1.54, 1.807) is 19.1 Å². The number of unbranched alkanes of at least 4 members (excludes halogenated alkanes) is 5. The number of phosphoric ester groups is 1. The maximum absolute atomic E-state index is 13.7. The van der Waals surface area contributed by atoms with Crippen molar-refractivity contribution in [3.05, 3.63) is 98.2 Å². The molecule has 8 rings (SSSR count). The number of hydrogen-bond acceptors (Lipinski definition) is 22. The summed E-state index contributed by atoms with van der Waals surface area (Å²) in [6.07, 6.45) is 3.45. The highest BCUT2D eigenvalue weighted by molar-refractivity contribution is 8.00. The topological polar surface area (TPSA) is 510 Å². The van der Waals surface area contributed by atoms with Gasteiger partial charge in [-0.3, -0.25) is 51.3 Å². The Kier molecular flexibility index (Phi) is 27.8. The lowest BCUT2D eigenvalue weighted by Gasteiger charge is -2.39. The fourth-order valence-corrected chi connectivity index (χ4v) is 21.1. The molecule has 33 nitrogen and oxygen atoms in total. The van der Waals surface area contributed by atoms with Crippen LogP contribution in [0.15, 0.2) is 42.6 Å². The van der Waals surface area contributed by atoms with Gasteiger partial charge in [0.2, 0.25) is 22.1 Å². The predicted octanol–water partition coefficient (Wildman–Crippen LogP) is 6.75. The second-order valence-corrected chi connectivity index (χ2v) is 38.9. The van der Waals surface area contributed by atoms with Gasteiger partial charge in [0, 0.05) is 95.8 Å². The number of aromatic amines is 1. The number of carbonyl (C=O) groups excluding carboxylic acids is 2. The summed E-state index contributed by atoms with van der Waals surface area (Å²) in [6.45, 7) is 13.4. The average molecular weight is 1630 g/mol. The number of aliphatic hydroxyl groups excluding tert-OH is 1. The van der Waals surface area contributed by atoms with Gasteiger partial charge in [-0.15, -0.1) is 11.8 Å². The second-order valence-electron chi connectivity index (χ2n) is 26.3. The van der Waals surface area contributed by atoms with Crippen LogP contribution in [0.2, 0.25) is 15.1 Å². The van der Waals surface area contributed by atoms with E-state index >= 15 is 0 Å². The number of nitrogens with one attached hydrogen (secondary N) is 5. The Labute approximate surface area is 605 Å². The molecule has 1 saturated heterocycles. The minimum atomic E-state index is -5.30. The van der Waals surface area contributed by atoms with Crippen molar-refractivity contribution in [3.8, 4) is 11.5 Å². The number of carbonyl (C=O) groups is 3. The Morgan fingerprint density at radius 1 is 0.814 bits per heavy atom. The lowest BCUT2D eigenvalue weighted by atomic mass is 9.79. The molecule has 6 unspecified atom stereocenters. The van der Waals surface area contributed by atoms with Crippen molar-refractivity contribution < 1.29 is 121 Å². The Balaban J connectivity index is 0.000000590. The Hall–Kier alpha value is -4.42. The molecule has 102 heavy (non-hydrogen) atoms. The zero-order chi connectivity index (χ0) is 76.4. The van der Waals surface area contributed by atoms with Gasteiger partial charge in [0.1, 0.15) is 12.3 Å². The minimum Gasteiger partial charge on any atom is -0.478 e. The zero-order valence-electron chi connectivity index (χ0n) is 56.6. The Bertz CT molecular complexity index is 4650. The molecule has 1 aromatic heterocycles. The maximum Gasteiger partial charge on any atom is 0.479 e. The first kappa shape index (κ1) is 84.8. The summed E-state index contributed by atoms with van der Waals surface area (Å²) < 4.78 is 154. The minimum absolute atomic E-state index is 0.0572. The molecular weight excluding hydrogens is 1550 g/mol. The van der Waals surface area contributed by atoms with Crippen molar-refractivity contribution in [1.82, 2.24) is 20.2 Å². The van der Waals surface area contributed by atoms with Crippen molar-refractivity contribution in [1.29, 1.82) is 0 Å². The van der Waals surface area contributed by atoms with Gasteiger partial charge in [-0.2, -0.15) is 16.8 Å². The van der Waals surface area contributed by atoms with Crippen LogP contribution >= 0.6 is 77.2 Å². The number of rotatable bonds is 30. The summed E-state index contributed by atoms with van der Waals surface area (Å²) in [5.74, 6) is -6.15. The summed E-state index contributed by atoms with van der Waals surface area (Å²) in [7, 11) is -28.0. The van der Waals surface area contributed by atoms with E-state index in [4.69, 9.17) is 53.7 Å². The number of phosphoric acid groups is 1. The van der Waals surface area contributed by atoms with E-state index in [-0.39, 0.29) is 98.6 Å². The highest BCUT2D eigenvalue weighted by atomic mass is 35.5. The van der Waals surface area contributed by atoms with E-state index in [2.05, 4.69) is 39.3 Å². The smallest absolute Gasteiger partial charge is 0.478 e. The lowest BCUT2D eigenvalue weighted by Crippen LogP contribution is -2.91. The molecule has 2 amide bonds. The van der Waals surface area contributed by atoms with Gasteiger partial charge >= 0.3 is 52.4 Å². The number of H-pyrrole nitrogens is 1. The molecule has 4 aliphatic heterocycles. The number of aromatic carboxylic acids is 1. The van der Waals surface area contributed by atoms with E-state index in [1.165, 1.54) is 10.8 Å². The predicted molar refractivity (Wildman–Crippen MR) is 374 cm³/mol. The number of aryl methyl sites for hydroxylation is 1. The van der Waals surface area contributed by atoms with Crippen molar-refractivity contribution in [2.24, 2.45) is 0 Å². The molecule has 0 saturated carbocycles. The monoisotopic (exact) mass is 1630 g/mol. The molecule has 0 bridgehead atoms. The molecular formula is C59H82Cl3N6O27P4S3+. The molecule has 568 valence electrons. The SMILES string of the molecule is COP(=O)(O)CP(=O)(O)OP(=O)(O)OCCCCCCNC(=O)CCCCCNC(=O)CSc1c(Cl)c(Cl)c(C(=O)O)c(C2=c3cc4c(c(S(=O)(=O)O)c3Oc3c2cc2c(c3S(=O)(=O)O)NC(C)(C)CC2C)=[NH+]C(C)(C)CC4C)c1Cl.Cc1cn([C@H]2C[C@@H](O)[C@@H](COP(C)(=O)O)O2)c(=O)[nH]c1=O. The van der Waals surface area contributed by atoms with Crippen LogP contribution in [0.4, 0.5) is 5.69 Å². The summed E-state index contributed by atoms with van der Waals surface area (Å²) in [5, 5.41) is 28.1. The second kappa shape index (κ2) is 33.4. The number of ether oxygens (including phenoxy) is 2. The molecule has 43 heteroatoms. The fourth-order valence-electron chi connectivity index (χ4n) is 12.3. The molecule has 5 heterocycles. The van der Waals surface area contributed by atoms with Crippen molar-refractivity contribution in [2.75, 3.05) is 57.1 Å². The number of amides is 2. The van der Waals surface area contributed by atoms with Crippen LogP contribution in [0, 0.1) is 6.92 Å². The highest BCUT2D eigenvalue weighted by Gasteiger charge is 2.46. The standard InChI is InChI=1S/C48H64Cl3N4O20P3S3.C11H17N2O7P/c1-25-21-47(3,4)54-39-27(25)19-29-33(30-20-28-26(2)22-48(5,6)55-40(28)45(81(69,70)71)42(30)74-41(29)44(39)80(66,67)68)34-35(46(58)59)36(49)38(51)43(37(34)50)79-23-32(57)53-17-13-10-11-15-31(56)52-16-12-8-9-14-18-73-78(64,65)75-77(62,63)24-76(60,61)72-7;1-6-4-13(11(16)12-10(6)15)9-3-7(14)8(20-9)5-19-21(2,17)18/h19-20,25-26,54H,8-18,21-24H2,1-7H3,(H,52,56)(H,53,57)(H,58,59)(H,60,61)(H,62,63)(H,64,65)(H,66,67,68)(H,69,70,71);4,7-9,14H,3,5H2,1-2H3,(H,17,18)(H,12,15,16)/p+1/t;7-,8-,9-/m.1/s1. The lowest BCUT2D eigenvalue weighted by molar-refractivity contribution is -0.590. The number of aliphatic hydroxyl groups is 1. The van der Waals surface area contributed by atoms with Gasteiger partial charge < -0.3 is 64.3 Å². The largest absolute Gasteiger partial charge is 0.479 e. The summed E-state index contributed by atoms with van der Waals surface area (Å²) in [4.78, 5) is 104. The summed E-state index contributed by atoms with van der Waals surface area (Å²) >= 11 is 21.8. The molecule has 0 aliphatic carbocycles. The molecule has 4 aromatic rings. The molecule has 0 radical (unpaired) electrons. The molecule has 0 spiro atoms. The number of carboxylic acids is 1. The average Bonchev–Trinajstić information content (AvgIpc) is 0.767. The Morgan fingerprint density at radius 3 is 2.03 bits per heavy atom. The number of benzene rings is 3. The molecule has 13 N–H and O–H groups in total. The van der Waals surface area contributed by atoms with E-state index in [9.17, 15) is 93.1 Å². The first-order valence-corrected chi connectivity index (χ1v) is 43.6. The number of nitrogens with zero attached hydrogens (tertiary/aromatic N) is 1. The first-order valence-electron chi connectivity index (χ1n) is 31.6. The molecule has 4 aliphatic rings. The summed E-state index contributed by atoms with van der Waals surface area (Å²) in [6, 6.07) is 3.08. The van der Waals surface area contributed by atoms with Crippen LogP contribution in [0.25, 0.3) is 5.57 Å². The zero-order valence-corrected chi connectivity index (χ0v) is 64.9. The number of aromatic nitrogens is 2. The van der Waals surface area contributed by atoms with Crippen molar-refractivity contribution in [3.63, 3.8) is 0 Å².